The molecule has 3 aromatic heterocycles. The molecule has 0 spiro atoms. The number of hydrogen-bond acceptors (Lipinski definition) is 5. The monoisotopic (exact) mass is 440 g/mol. The summed E-state index contributed by atoms with van der Waals surface area (Å²) in [4.78, 5) is 9.16. The summed E-state index contributed by atoms with van der Waals surface area (Å²) in [5, 5.41) is 0. The molecule has 1 unspecified atom stereocenters. The molecule has 1 atom stereocenters. The van der Waals surface area contributed by atoms with Gasteiger partial charge in [0, 0.05) is 31.7 Å². The first-order valence-electron chi connectivity index (χ1n) is 8.07. The van der Waals surface area contributed by atoms with Crippen molar-refractivity contribution in [1.82, 2.24) is 18.8 Å². The molecule has 0 radical (unpaired) electrons. The molecule has 1 aliphatic heterocycles. The molecule has 0 aliphatic carbocycles. The Morgan fingerprint density at radius 2 is 2.20 bits per heavy atom. The number of nitrogens with zero attached hydrogens (tertiary/aromatic N) is 4. The van der Waals surface area contributed by atoms with Crippen LogP contribution in [0.2, 0.25) is 0 Å². The van der Waals surface area contributed by atoms with Crippen LogP contribution in [0.15, 0.2) is 38.5 Å². The second-order valence-electron chi connectivity index (χ2n) is 5.97. The van der Waals surface area contributed by atoms with Crippen molar-refractivity contribution in [3.05, 3.63) is 40.1 Å². The van der Waals surface area contributed by atoms with Crippen LogP contribution in [0, 0.1) is 0 Å². The Morgan fingerprint density at radius 3 is 2.92 bits per heavy atom. The van der Waals surface area contributed by atoms with E-state index in [0.717, 1.165) is 33.7 Å². The molecule has 6 nitrogen and oxygen atoms in total. The van der Waals surface area contributed by atoms with E-state index < -0.39 is 10.0 Å². The van der Waals surface area contributed by atoms with Crippen molar-refractivity contribution >= 4 is 48.5 Å². The summed E-state index contributed by atoms with van der Waals surface area (Å²) < 4.78 is 30.5. The maximum Gasteiger partial charge on any atom is 0.252 e. The van der Waals surface area contributed by atoms with Crippen molar-refractivity contribution in [3.8, 4) is 0 Å². The number of pyridine rings is 1. The molecule has 4 rings (SSSR count). The molecule has 1 fully saturated rings. The van der Waals surface area contributed by atoms with Gasteiger partial charge in [-0.25, -0.2) is 18.4 Å². The number of aromatic nitrogens is 3. The van der Waals surface area contributed by atoms with E-state index in [4.69, 9.17) is 4.98 Å². The van der Waals surface area contributed by atoms with Crippen LogP contribution in [-0.2, 0) is 16.6 Å². The number of aryl methyl sites for hydroxylation is 1. The second-order valence-corrected chi connectivity index (χ2v) is 10.6. The smallest absolute Gasteiger partial charge is 0.252 e. The third-order valence-electron chi connectivity index (χ3n) is 4.51. The zero-order valence-corrected chi connectivity index (χ0v) is 16.8. The van der Waals surface area contributed by atoms with Crippen molar-refractivity contribution in [3.63, 3.8) is 0 Å². The molecule has 0 amide bonds. The molecule has 0 N–H and O–H groups in total. The minimum atomic E-state index is -3.44. The van der Waals surface area contributed by atoms with Crippen molar-refractivity contribution in [2.45, 2.75) is 30.0 Å². The topological polar surface area (TPSA) is 68.1 Å². The highest BCUT2D eigenvalue weighted by atomic mass is 79.9. The fourth-order valence-corrected chi connectivity index (χ4v) is 6.98. The fraction of sp³-hybridized carbons (Fsp3) is 0.375. The lowest BCUT2D eigenvalue weighted by molar-refractivity contribution is 0.471. The summed E-state index contributed by atoms with van der Waals surface area (Å²) >= 11 is 4.58. The number of imidazole rings is 1. The highest BCUT2D eigenvalue weighted by Crippen LogP contribution is 2.34. The van der Waals surface area contributed by atoms with E-state index in [1.165, 1.54) is 11.3 Å². The molecule has 0 saturated carbocycles. The molecule has 132 valence electrons. The normalized spacial score (nSPS) is 19.0. The number of halogens is 1. The third kappa shape index (κ3) is 2.92. The van der Waals surface area contributed by atoms with E-state index in [0.29, 0.717) is 17.3 Å². The van der Waals surface area contributed by atoms with Gasteiger partial charge in [0.1, 0.15) is 15.6 Å². The largest absolute Gasteiger partial charge is 0.313 e. The number of sulfonamides is 1. The van der Waals surface area contributed by atoms with Crippen molar-refractivity contribution in [1.29, 1.82) is 0 Å². The van der Waals surface area contributed by atoms with Crippen molar-refractivity contribution < 1.29 is 8.42 Å². The first-order chi connectivity index (χ1) is 12.0. The fourth-order valence-electron chi connectivity index (χ4n) is 3.32. The van der Waals surface area contributed by atoms with Gasteiger partial charge in [-0.2, -0.15) is 4.31 Å². The summed E-state index contributed by atoms with van der Waals surface area (Å²) in [6.07, 6.45) is 2.54. The minimum Gasteiger partial charge on any atom is -0.313 e. The molecular formula is C16H17BrN4O2S2. The average molecular weight is 441 g/mol. The molecule has 0 aromatic carbocycles. The lowest BCUT2D eigenvalue weighted by atomic mass is 10.1. The maximum absolute atomic E-state index is 12.8. The molecule has 3 aromatic rings. The Kier molecular flexibility index (Phi) is 4.43. The summed E-state index contributed by atoms with van der Waals surface area (Å²) in [6.45, 7) is 3.81. The van der Waals surface area contributed by atoms with Gasteiger partial charge in [-0.1, -0.05) is 0 Å². The van der Waals surface area contributed by atoms with E-state index in [9.17, 15) is 8.42 Å². The predicted octanol–water partition coefficient (Wildman–Crippen LogP) is 3.45. The zero-order chi connectivity index (χ0) is 17.6. The van der Waals surface area contributed by atoms with Gasteiger partial charge in [0.05, 0.1) is 3.79 Å². The van der Waals surface area contributed by atoms with Gasteiger partial charge in [0.15, 0.2) is 5.65 Å². The van der Waals surface area contributed by atoms with Gasteiger partial charge in [-0.15, -0.1) is 11.3 Å². The highest BCUT2D eigenvalue weighted by molar-refractivity contribution is 9.11. The van der Waals surface area contributed by atoms with Crippen molar-refractivity contribution in [2.24, 2.45) is 0 Å². The summed E-state index contributed by atoms with van der Waals surface area (Å²) in [5.41, 5.74) is 1.73. The van der Waals surface area contributed by atoms with E-state index in [1.54, 1.807) is 22.6 Å². The highest BCUT2D eigenvalue weighted by Gasteiger charge is 2.36. The van der Waals surface area contributed by atoms with Gasteiger partial charge in [0.2, 0.25) is 0 Å². The molecule has 1 aliphatic rings. The molecule has 0 bridgehead atoms. The minimum absolute atomic E-state index is 0.0901. The van der Waals surface area contributed by atoms with Gasteiger partial charge in [-0.3, -0.25) is 0 Å². The van der Waals surface area contributed by atoms with Gasteiger partial charge in [-0.05, 0) is 53.5 Å². The Morgan fingerprint density at radius 1 is 1.36 bits per heavy atom. The third-order valence-corrected chi connectivity index (χ3v) is 8.46. The standard InChI is InChI=1S/C16H17BrN4O2S2/c1-2-21-15(19-12-4-3-8-18-16(12)21)11-7-9-20(10-11)25(22,23)14-6-5-13(17)24-14/h3-6,8,11H,2,7,9-10H2,1H3. The van der Waals surface area contributed by atoms with Crippen LogP contribution in [0.3, 0.4) is 0 Å². The van der Waals surface area contributed by atoms with E-state index in [2.05, 4.69) is 32.4 Å². The van der Waals surface area contributed by atoms with Crippen LogP contribution in [0.1, 0.15) is 25.1 Å². The van der Waals surface area contributed by atoms with Gasteiger partial charge in [0.25, 0.3) is 10.0 Å². The van der Waals surface area contributed by atoms with E-state index in [1.807, 2.05) is 12.1 Å². The molecule has 4 heterocycles. The van der Waals surface area contributed by atoms with Crippen LogP contribution in [-0.4, -0.2) is 40.3 Å². The first kappa shape index (κ1) is 17.1. The van der Waals surface area contributed by atoms with Crippen LogP contribution >= 0.6 is 27.3 Å². The summed E-state index contributed by atoms with van der Waals surface area (Å²) in [7, 11) is -3.44. The summed E-state index contributed by atoms with van der Waals surface area (Å²) in [5.74, 6) is 1.02. The van der Waals surface area contributed by atoms with Gasteiger partial charge < -0.3 is 4.57 Å². The number of thiophene rings is 1. The first-order valence-corrected chi connectivity index (χ1v) is 11.1. The number of hydrogen-bond donors (Lipinski definition) is 0. The zero-order valence-electron chi connectivity index (χ0n) is 13.6. The SMILES string of the molecule is CCn1c(C2CCN(S(=O)(=O)c3ccc(Br)s3)C2)nc2cccnc21. The Hall–Kier alpha value is -1.29. The lowest BCUT2D eigenvalue weighted by Crippen LogP contribution is -2.28. The molecule has 9 heteroatoms. The quantitative estimate of drug-likeness (QED) is 0.622. The van der Waals surface area contributed by atoms with Crippen LogP contribution in [0.4, 0.5) is 0 Å². The number of fused-ring (bicyclic) bond motifs is 1. The van der Waals surface area contributed by atoms with E-state index in [-0.39, 0.29) is 5.92 Å². The maximum atomic E-state index is 12.8. The van der Waals surface area contributed by atoms with Crippen LogP contribution in [0.25, 0.3) is 11.2 Å². The van der Waals surface area contributed by atoms with Crippen LogP contribution in [0.5, 0.6) is 0 Å². The van der Waals surface area contributed by atoms with Gasteiger partial charge >= 0.3 is 0 Å². The lowest BCUT2D eigenvalue weighted by Gasteiger charge is -2.15. The van der Waals surface area contributed by atoms with E-state index >= 15 is 0 Å². The molecule has 1 saturated heterocycles. The number of rotatable bonds is 4. The Bertz CT molecular complexity index is 1030. The second kappa shape index (κ2) is 6.46. The Labute approximate surface area is 158 Å². The summed E-state index contributed by atoms with van der Waals surface area (Å²) in [6, 6.07) is 7.25. The molecular weight excluding hydrogens is 424 g/mol. The van der Waals surface area contributed by atoms with Crippen LogP contribution < -0.4 is 0 Å². The molecule has 25 heavy (non-hydrogen) atoms. The average Bonchev–Trinajstić information content (AvgIpc) is 3.32. The Balaban J connectivity index is 1.65. The predicted molar refractivity (Wildman–Crippen MR) is 101 cm³/mol. The van der Waals surface area contributed by atoms with Crippen molar-refractivity contribution in [2.75, 3.05) is 13.1 Å².